The molecule has 2 heterocycles. The summed E-state index contributed by atoms with van der Waals surface area (Å²) < 4.78 is 17.4. The standard InChI is InChI=1S/C24H32N2O3/c1-27-23-17-21(7-8-22(23)29-18-19-5-3-2-4-6-19)24(20-9-15-28-16-10-20)26-13-11-25-12-14-26/h2-8,17,20,24-25H,9-16,18H2,1H3/t24-/m1/s1. The van der Waals surface area contributed by atoms with Gasteiger partial charge in [0.25, 0.3) is 0 Å². The molecule has 0 unspecified atom stereocenters. The fraction of sp³-hybridized carbons (Fsp3) is 0.500. The average molecular weight is 397 g/mol. The summed E-state index contributed by atoms with van der Waals surface area (Å²) in [6.07, 6.45) is 2.23. The van der Waals surface area contributed by atoms with Crippen LogP contribution in [-0.2, 0) is 11.3 Å². The maximum atomic E-state index is 6.07. The molecule has 0 spiro atoms. The third kappa shape index (κ3) is 5.10. The van der Waals surface area contributed by atoms with E-state index < -0.39 is 0 Å². The summed E-state index contributed by atoms with van der Waals surface area (Å²) in [5.74, 6) is 2.22. The molecular formula is C24H32N2O3. The van der Waals surface area contributed by atoms with Gasteiger partial charge >= 0.3 is 0 Å². The monoisotopic (exact) mass is 396 g/mol. The molecule has 1 N–H and O–H groups in total. The third-order valence-electron chi connectivity index (χ3n) is 6.02. The number of nitrogens with one attached hydrogen (secondary N) is 1. The molecule has 0 amide bonds. The van der Waals surface area contributed by atoms with Crippen LogP contribution in [0.1, 0.15) is 30.0 Å². The molecule has 5 nitrogen and oxygen atoms in total. The number of rotatable bonds is 7. The molecule has 156 valence electrons. The van der Waals surface area contributed by atoms with Crippen molar-refractivity contribution in [3.05, 3.63) is 59.7 Å². The minimum atomic E-state index is 0.401. The maximum Gasteiger partial charge on any atom is 0.161 e. The van der Waals surface area contributed by atoms with Crippen molar-refractivity contribution in [2.75, 3.05) is 46.5 Å². The van der Waals surface area contributed by atoms with Crippen LogP contribution in [0.4, 0.5) is 0 Å². The Bertz CT molecular complexity index is 738. The lowest BCUT2D eigenvalue weighted by molar-refractivity contribution is 0.0212. The molecule has 0 bridgehead atoms. The number of nitrogens with zero attached hydrogens (tertiary/aromatic N) is 1. The van der Waals surface area contributed by atoms with Gasteiger partial charge in [0.15, 0.2) is 11.5 Å². The second-order valence-electron chi connectivity index (χ2n) is 7.87. The molecule has 2 aliphatic heterocycles. The number of methoxy groups -OCH3 is 1. The highest BCUT2D eigenvalue weighted by Crippen LogP contribution is 2.39. The molecule has 4 rings (SSSR count). The molecule has 2 aromatic rings. The van der Waals surface area contributed by atoms with Crippen LogP contribution in [0.5, 0.6) is 11.5 Å². The van der Waals surface area contributed by atoms with Crippen LogP contribution in [0, 0.1) is 5.92 Å². The topological polar surface area (TPSA) is 43.0 Å². The van der Waals surface area contributed by atoms with Crippen molar-refractivity contribution in [1.82, 2.24) is 10.2 Å². The Morgan fingerprint density at radius 1 is 1.03 bits per heavy atom. The van der Waals surface area contributed by atoms with Crippen LogP contribution in [0.15, 0.2) is 48.5 Å². The first-order valence-electron chi connectivity index (χ1n) is 10.7. The van der Waals surface area contributed by atoms with E-state index in [2.05, 4.69) is 40.5 Å². The lowest BCUT2D eigenvalue weighted by atomic mass is 9.85. The molecule has 2 aromatic carbocycles. The average Bonchev–Trinajstić information content (AvgIpc) is 2.80. The summed E-state index contributed by atoms with van der Waals surface area (Å²) in [6, 6.07) is 17.1. The van der Waals surface area contributed by atoms with Crippen LogP contribution in [-0.4, -0.2) is 51.4 Å². The van der Waals surface area contributed by atoms with E-state index in [0.717, 1.165) is 69.3 Å². The fourth-order valence-corrected chi connectivity index (χ4v) is 4.50. The van der Waals surface area contributed by atoms with Crippen molar-refractivity contribution >= 4 is 0 Å². The van der Waals surface area contributed by atoms with Gasteiger partial charge in [-0.2, -0.15) is 0 Å². The number of hydrogen-bond donors (Lipinski definition) is 1. The Kier molecular flexibility index (Phi) is 7.04. The zero-order valence-corrected chi connectivity index (χ0v) is 17.3. The number of hydrogen-bond acceptors (Lipinski definition) is 5. The van der Waals surface area contributed by atoms with E-state index >= 15 is 0 Å². The van der Waals surface area contributed by atoms with Gasteiger partial charge in [0, 0.05) is 45.4 Å². The number of ether oxygens (including phenoxy) is 3. The van der Waals surface area contributed by atoms with Gasteiger partial charge in [0.2, 0.25) is 0 Å². The fourth-order valence-electron chi connectivity index (χ4n) is 4.50. The number of piperazine rings is 1. The molecule has 2 fully saturated rings. The number of benzene rings is 2. The van der Waals surface area contributed by atoms with Crippen LogP contribution in [0.25, 0.3) is 0 Å². The van der Waals surface area contributed by atoms with Crippen molar-refractivity contribution in [3.8, 4) is 11.5 Å². The van der Waals surface area contributed by atoms with E-state index in [4.69, 9.17) is 14.2 Å². The van der Waals surface area contributed by atoms with E-state index in [0.29, 0.717) is 18.6 Å². The first-order chi connectivity index (χ1) is 14.3. The van der Waals surface area contributed by atoms with Gasteiger partial charge in [-0.15, -0.1) is 0 Å². The van der Waals surface area contributed by atoms with Crippen LogP contribution < -0.4 is 14.8 Å². The summed E-state index contributed by atoms with van der Waals surface area (Å²) in [6.45, 7) is 6.53. The normalized spacial score (nSPS) is 19.6. The first kappa shape index (κ1) is 20.2. The highest BCUT2D eigenvalue weighted by Gasteiger charge is 2.31. The van der Waals surface area contributed by atoms with Crippen molar-refractivity contribution in [3.63, 3.8) is 0 Å². The predicted octanol–water partition coefficient (Wildman–Crippen LogP) is 3.65. The van der Waals surface area contributed by atoms with Crippen molar-refractivity contribution in [1.29, 1.82) is 0 Å². The SMILES string of the molecule is COc1cc([C@@H](C2CCOCC2)N2CCNCC2)ccc1OCc1ccccc1. The zero-order chi connectivity index (χ0) is 19.9. The summed E-state index contributed by atoms with van der Waals surface area (Å²) >= 11 is 0. The summed E-state index contributed by atoms with van der Waals surface area (Å²) in [5.41, 5.74) is 2.47. The molecule has 5 heteroatoms. The summed E-state index contributed by atoms with van der Waals surface area (Å²) in [7, 11) is 1.72. The van der Waals surface area contributed by atoms with E-state index in [1.165, 1.54) is 5.56 Å². The van der Waals surface area contributed by atoms with Crippen molar-refractivity contribution < 1.29 is 14.2 Å². The molecule has 29 heavy (non-hydrogen) atoms. The third-order valence-corrected chi connectivity index (χ3v) is 6.02. The lowest BCUT2D eigenvalue weighted by Crippen LogP contribution is -2.47. The minimum absolute atomic E-state index is 0.401. The second-order valence-corrected chi connectivity index (χ2v) is 7.87. The molecule has 1 atom stereocenters. The Morgan fingerprint density at radius 3 is 2.52 bits per heavy atom. The van der Waals surface area contributed by atoms with Gasteiger partial charge in [0.1, 0.15) is 6.61 Å². The van der Waals surface area contributed by atoms with E-state index in [-0.39, 0.29) is 0 Å². The Balaban J connectivity index is 1.55. The molecule has 2 aliphatic rings. The smallest absolute Gasteiger partial charge is 0.161 e. The quantitative estimate of drug-likeness (QED) is 0.774. The van der Waals surface area contributed by atoms with E-state index in [1.54, 1.807) is 7.11 Å². The van der Waals surface area contributed by atoms with Crippen molar-refractivity contribution in [2.24, 2.45) is 5.92 Å². The van der Waals surface area contributed by atoms with Gasteiger partial charge in [-0.3, -0.25) is 4.90 Å². The van der Waals surface area contributed by atoms with Crippen LogP contribution in [0.2, 0.25) is 0 Å². The minimum Gasteiger partial charge on any atom is -0.493 e. The molecule has 2 saturated heterocycles. The maximum absolute atomic E-state index is 6.07. The van der Waals surface area contributed by atoms with Crippen LogP contribution in [0.3, 0.4) is 0 Å². The highest BCUT2D eigenvalue weighted by molar-refractivity contribution is 5.44. The van der Waals surface area contributed by atoms with Crippen LogP contribution >= 0.6 is 0 Å². The Morgan fingerprint density at radius 2 is 1.79 bits per heavy atom. The summed E-state index contributed by atoms with van der Waals surface area (Å²) in [5, 5.41) is 3.48. The lowest BCUT2D eigenvalue weighted by Gasteiger charge is -2.41. The van der Waals surface area contributed by atoms with Crippen molar-refractivity contribution in [2.45, 2.75) is 25.5 Å². The molecule has 0 aromatic heterocycles. The molecule has 0 radical (unpaired) electrons. The molecular weight excluding hydrogens is 364 g/mol. The second kappa shape index (κ2) is 10.1. The predicted molar refractivity (Wildman–Crippen MR) is 114 cm³/mol. The Hall–Kier alpha value is -2.08. The largest absolute Gasteiger partial charge is 0.493 e. The van der Waals surface area contributed by atoms with Gasteiger partial charge in [-0.1, -0.05) is 36.4 Å². The molecule has 0 aliphatic carbocycles. The zero-order valence-electron chi connectivity index (χ0n) is 17.3. The van der Waals surface area contributed by atoms with E-state index in [1.807, 2.05) is 18.2 Å². The van der Waals surface area contributed by atoms with Gasteiger partial charge in [-0.05, 0) is 42.0 Å². The van der Waals surface area contributed by atoms with Gasteiger partial charge < -0.3 is 19.5 Å². The first-order valence-corrected chi connectivity index (χ1v) is 10.7. The summed E-state index contributed by atoms with van der Waals surface area (Å²) in [4.78, 5) is 2.63. The molecule has 0 saturated carbocycles. The van der Waals surface area contributed by atoms with Gasteiger partial charge in [-0.25, -0.2) is 0 Å². The highest BCUT2D eigenvalue weighted by atomic mass is 16.5. The van der Waals surface area contributed by atoms with Gasteiger partial charge in [0.05, 0.1) is 7.11 Å². The Labute approximate surface area is 174 Å². The van der Waals surface area contributed by atoms with E-state index in [9.17, 15) is 0 Å².